The van der Waals surface area contributed by atoms with E-state index in [-0.39, 0.29) is 0 Å². The maximum Gasteiger partial charge on any atom is 0.180 e. The highest BCUT2D eigenvalue weighted by molar-refractivity contribution is 5.67. The van der Waals surface area contributed by atoms with E-state index in [0.29, 0.717) is 0 Å². The smallest absolute Gasteiger partial charge is 0.180 e. The van der Waals surface area contributed by atoms with Gasteiger partial charge in [-0.3, -0.25) is 0 Å². The molecular weight excluding hydrogens is 234 g/mol. The summed E-state index contributed by atoms with van der Waals surface area (Å²) >= 11 is 0. The van der Waals surface area contributed by atoms with Gasteiger partial charge in [-0.1, -0.05) is 54.1 Å². The molecule has 0 fully saturated rings. The molecule has 1 aromatic heterocycles. The fourth-order valence-corrected chi connectivity index (χ4v) is 1.84. The summed E-state index contributed by atoms with van der Waals surface area (Å²) in [6, 6.07) is 17.1. The predicted octanol–water partition coefficient (Wildman–Crippen LogP) is 4.65. The first-order chi connectivity index (χ1) is 9.27. The van der Waals surface area contributed by atoms with Gasteiger partial charge >= 0.3 is 0 Å². The van der Waals surface area contributed by atoms with Crippen molar-refractivity contribution < 1.29 is 4.42 Å². The molecule has 2 nitrogen and oxygen atoms in total. The summed E-state index contributed by atoms with van der Waals surface area (Å²) in [4.78, 5) is 3.56. The maximum atomic E-state index is 4.47. The van der Waals surface area contributed by atoms with Crippen LogP contribution < -0.4 is 0 Å². The highest BCUT2D eigenvalue weighted by Crippen LogP contribution is 2.23. The molecule has 0 amide bonds. The van der Waals surface area contributed by atoms with Gasteiger partial charge in [-0.05, 0) is 30.5 Å². The van der Waals surface area contributed by atoms with E-state index in [9.17, 15) is 0 Å². The largest absolute Gasteiger partial charge is 0.452 e. The summed E-state index contributed by atoms with van der Waals surface area (Å²) in [5.41, 5.74) is 5.29. The van der Waals surface area contributed by atoms with Gasteiger partial charge < -0.3 is 4.42 Å². The second-order valence-electron chi connectivity index (χ2n) is 4.36. The predicted molar refractivity (Wildman–Crippen MR) is 77.9 cm³/mol. The van der Waals surface area contributed by atoms with Crippen molar-refractivity contribution >= 4 is 0 Å². The molecule has 96 valence electrons. The molecule has 2 aromatic carbocycles. The average molecular weight is 251 g/mol. The standard InChI is InChI=1S/C14H14.C3H3NO/c1-11-8-9-12(2)14(10-11)13-6-4-3-5-7-13;1-2-5-3-4-1/h3-10H,1-2H3;1-3H. The van der Waals surface area contributed by atoms with Crippen molar-refractivity contribution in [3.05, 3.63) is 78.5 Å². The molecule has 1 heterocycles. The van der Waals surface area contributed by atoms with Crippen LogP contribution in [0.3, 0.4) is 0 Å². The van der Waals surface area contributed by atoms with Gasteiger partial charge in [0.25, 0.3) is 0 Å². The Morgan fingerprint density at radius 3 is 2.32 bits per heavy atom. The molecule has 19 heavy (non-hydrogen) atoms. The van der Waals surface area contributed by atoms with Gasteiger partial charge in [0, 0.05) is 0 Å². The van der Waals surface area contributed by atoms with E-state index in [0.717, 1.165) is 0 Å². The van der Waals surface area contributed by atoms with Gasteiger partial charge in [0.1, 0.15) is 6.26 Å². The Balaban J connectivity index is 0.000000224. The van der Waals surface area contributed by atoms with Crippen LogP contribution in [0.1, 0.15) is 11.1 Å². The molecular formula is C17H17NO. The van der Waals surface area contributed by atoms with Crippen LogP contribution in [0.2, 0.25) is 0 Å². The Morgan fingerprint density at radius 1 is 0.947 bits per heavy atom. The van der Waals surface area contributed by atoms with Crippen LogP contribution >= 0.6 is 0 Å². The molecule has 0 unspecified atom stereocenters. The van der Waals surface area contributed by atoms with Crippen molar-refractivity contribution in [1.29, 1.82) is 0 Å². The summed E-state index contributed by atoms with van der Waals surface area (Å²) in [5.74, 6) is 0. The number of oxazole rings is 1. The lowest BCUT2D eigenvalue weighted by Gasteiger charge is -2.06. The summed E-state index contributed by atoms with van der Waals surface area (Å²) < 4.78 is 4.47. The van der Waals surface area contributed by atoms with Gasteiger partial charge in [-0.2, -0.15) is 0 Å². The number of aryl methyl sites for hydroxylation is 2. The molecule has 0 aliphatic rings. The first kappa shape index (κ1) is 13.1. The van der Waals surface area contributed by atoms with E-state index in [1.807, 2.05) is 0 Å². The van der Waals surface area contributed by atoms with Crippen LogP contribution in [-0.4, -0.2) is 4.98 Å². The summed E-state index contributed by atoms with van der Waals surface area (Å²) in [5, 5.41) is 0. The number of nitrogens with zero attached hydrogens (tertiary/aromatic N) is 1. The molecule has 0 spiro atoms. The Labute approximate surface area is 113 Å². The quantitative estimate of drug-likeness (QED) is 0.629. The van der Waals surface area contributed by atoms with Gasteiger partial charge in [-0.25, -0.2) is 4.98 Å². The van der Waals surface area contributed by atoms with Crippen LogP contribution in [0.25, 0.3) is 11.1 Å². The summed E-state index contributed by atoms with van der Waals surface area (Å²) in [6.07, 6.45) is 4.47. The molecule has 2 heteroatoms. The fourth-order valence-electron chi connectivity index (χ4n) is 1.84. The van der Waals surface area contributed by atoms with Crippen molar-refractivity contribution in [3.63, 3.8) is 0 Å². The molecule has 3 aromatic rings. The second kappa shape index (κ2) is 6.55. The molecule has 0 bridgehead atoms. The number of hydrogen-bond acceptors (Lipinski definition) is 2. The first-order valence-corrected chi connectivity index (χ1v) is 6.22. The molecule has 0 saturated heterocycles. The highest BCUT2D eigenvalue weighted by Gasteiger charge is 2.00. The van der Waals surface area contributed by atoms with E-state index < -0.39 is 0 Å². The monoisotopic (exact) mass is 251 g/mol. The maximum absolute atomic E-state index is 4.47. The molecule has 0 aliphatic carbocycles. The van der Waals surface area contributed by atoms with Gasteiger partial charge in [0.15, 0.2) is 6.39 Å². The Kier molecular flexibility index (Phi) is 4.51. The summed E-state index contributed by atoms with van der Waals surface area (Å²) in [7, 11) is 0. The van der Waals surface area contributed by atoms with Crippen LogP contribution in [-0.2, 0) is 0 Å². The van der Waals surface area contributed by atoms with Crippen LogP contribution in [0, 0.1) is 13.8 Å². The van der Waals surface area contributed by atoms with E-state index in [1.165, 1.54) is 34.9 Å². The SMILES string of the molecule is Cc1ccc(C)c(-c2ccccc2)c1.c1cocn1. The lowest BCUT2D eigenvalue weighted by Crippen LogP contribution is -1.83. The summed E-state index contributed by atoms with van der Waals surface area (Å²) in [6.45, 7) is 4.29. The van der Waals surface area contributed by atoms with Gasteiger partial charge in [-0.15, -0.1) is 0 Å². The normalized spacial score (nSPS) is 9.58. The molecule has 0 saturated carbocycles. The number of aromatic nitrogens is 1. The third-order valence-corrected chi connectivity index (χ3v) is 2.83. The average Bonchev–Trinajstić information content (AvgIpc) is 3.02. The number of rotatable bonds is 1. The first-order valence-electron chi connectivity index (χ1n) is 6.22. The van der Waals surface area contributed by atoms with E-state index in [2.05, 4.69) is 71.8 Å². The van der Waals surface area contributed by atoms with Crippen LogP contribution in [0.5, 0.6) is 0 Å². The van der Waals surface area contributed by atoms with Crippen molar-refractivity contribution in [2.45, 2.75) is 13.8 Å². The van der Waals surface area contributed by atoms with Crippen molar-refractivity contribution in [2.75, 3.05) is 0 Å². The van der Waals surface area contributed by atoms with Crippen molar-refractivity contribution in [2.24, 2.45) is 0 Å². The zero-order valence-corrected chi connectivity index (χ0v) is 11.2. The minimum absolute atomic E-state index is 1.30. The van der Waals surface area contributed by atoms with Crippen molar-refractivity contribution in [1.82, 2.24) is 4.98 Å². The molecule has 0 radical (unpaired) electrons. The van der Waals surface area contributed by atoms with Crippen LogP contribution in [0.4, 0.5) is 0 Å². The minimum atomic E-state index is 1.30. The van der Waals surface area contributed by atoms with E-state index in [4.69, 9.17) is 0 Å². The number of benzene rings is 2. The topological polar surface area (TPSA) is 26.0 Å². The molecule has 0 atom stereocenters. The van der Waals surface area contributed by atoms with Crippen molar-refractivity contribution in [3.8, 4) is 11.1 Å². The zero-order valence-electron chi connectivity index (χ0n) is 11.2. The number of hydrogen-bond donors (Lipinski definition) is 0. The molecule has 0 N–H and O–H groups in total. The lowest BCUT2D eigenvalue weighted by atomic mass is 9.99. The van der Waals surface area contributed by atoms with Gasteiger partial charge in [0.05, 0.1) is 6.20 Å². The third kappa shape index (κ3) is 3.81. The Hall–Kier alpha value is -2.35. The Morgan fingerprint density at radius 2 is 1.74 bits per heavy atom. The highest BCUT2D eigenvalue weighted by atomic mass is 16.3. The van der Waals surface area contributed by atoms with Gasteiger partial charge in [0.2, 0.25) is 0 Å². The third-order valence-electron chi connectivity index (χ3n) is 2.83. The minimum Gasteiger partial charge on any atom is -0.452 e. The second-order valence-corrected chi connectivity index (χ2v) is 4.36. The van der Waals surface area contributed by atoms with E-state index in [1.54, 1.807) is 6.20 Å². The van der Waals surface area contributed by atoms with E-state index >= 15 is 0 Å². The van der Waals surface area contributed by atoms with Crippen LogP contribution in [0.15, 0.2) is 71.8 Å². The fraction of sp³-hybridized carbons (Fsp3) is 0.118. The zero-order chi connectivity index (χ0) is 13.5. The Bertz CT molecular complexity index is 583. The lowest BCUT2D eigenvalue weighted by molar-refractivity contribution is 0.558. The molecule has 0 aliphatic heterocycles. The molecule has 3 rings (SSSR count).